The van der Waals surface area contributed by atoms with Gasteiger partial charge in [-0.2, -0.15) is 0 Å². The molecule has 0 fully saturated rings. The van der Waals surface area contributed by atoms with Gasteiger partial charge >= 0.3 is 0 Å². The molecule has 0 aliphatic heterocycles. The third-order valence-corrected chi connectivity index (χ3v) is 7.90. The van der Waals surface area contributed by atoms with Gasteiger partial charge in [0.2, 0.25) is 0 Å². The number of likely N-dealkylation sites (N-methyl/N-ethyl adjacent to an activating group) is 1. The minimum absolute atomic E-state index is 0.0976. The van der Waals surface area contributed by atoms with Crippen molar-refractivity contribution in [1.29, 1.82) is 0 Å². The lowest BCUT2D eigenvalue weighted by Gasteiger charge is -2.25. The fourth-order valence-corrected chi connectivity index (χ4v) is 5.32. The Morgan fingerprint density at radius 1 is 1.05 bits per heavy atom. The second-order valence-electron chi connectivity index (χ2n) is 11.4. The van der Waals surface area contributed by atoms with E-state index in [0.717, 1.165) is 67.7 Å². The molecule has 2 aromatic carbocycles. The molecule has 0 radical (unpaired) electrons. The van der Waals surface area contributed by atoms with Crippen molar-refractivity contribution in [2.24, 2.45) is 5.92 Å². The van der Waals surface area contributed by atoms with Crippen LogP contribution in [0.2, 0.25) is 0 Å². The van der Waals surface area contributed by atoms with Crippen LogP contribution in [0.4, 0.5) is 10.1 Å². The van der Waals surface area contributed by atoms with Crippen molar-refractivity contribution >= 4 is 22.5 Å². The quantitative estimate of drug-likeness (QED) is 0.119. The van der Waals surface area contributed by atoms with Crippen molar-refractivity contribution in [3.8, 4) is 28.0 Å². The average Bonchev–Trinajstić information content (AvgIpc) is 3.41. The minimum Gasteiger partial charge on any atom is -0.496 e. The number of nitrogens with one attached hydrogen (secondary N) is 1. The molecule has 224 valence electrons. The maximum Gasteiger partial charge on any atom is 0.165 e. The number of anilines is 1. The van der Waals surface area contributed by atoms with E-state index in [9.17, 15) is 4.79 Å². The Kier molecular flexibility index (Phi) is 10.7. The van der Waals surface area contributed by atoms with E-state index in [1.54, 1.807) is 19.4 Å². The predicted octanol–water partition coefficient (Wildman–Crippen LogP) is 6.89. The van der Waals surface area contributed by atoms with Crippen molar-refractivity contribution in [3.05, 3.63) is 66.2 Å². The lowest BCUT2D eigenvalue weighted by molar-refractivity contribution is 0.0973. The minimum atomic E-state index is -0.598. The topological polar surface area (TPSA) is 87.5 Å². The number of halogens is 1. The van der Waals surface area contributed by atoms with Gasteiger partial charge < -0.3 is 25.3 Å². The number of aromatic nitrogens is 2. The Morgan fingerprint density at radius 2 is 1.83 bits per heavy atom. The normalized spacial score (nSPS) is 12.4. The number of methoxy groups -OCH3 is 1. The molecule has 0 saturated heterocycles. The van der Waals surface area contributed by atoms with Gasteiger partial charge in [0, 0.05) is 59.5 Å². The number of nitrogens with zero attached hydrogens (tertiary/aromatic N) is 3. The molecule has 4 aromatic rings. The number of carbonyl (C=O) groups is 1. The molecule has 2 heterocycles. The van der Waals surface area contributed by atoms with Crippen molar-refractivity contribution in [2.75, 3.05) is 53.1 Å². The van der Waals surface area contributed by atoms with Crippen LogP contribution in [-0.2, 0) is 0 Å². The van der Waals surface area contributed by atoms with Crippen molar-refractivity contribution in [1.82, 2.24) is 19.8 Å². The average molecular weight is 574 g/mol. The number of ether oxygens (including phenoxy) is 1. The van der Waals surface area contributed by atoms with Gasteiger partial charge in [-0.05, 0) is 82.2 Å². The summed E-state index contributed by atoms with van der Waals surface area (Å²) < 4.78 is 20.6. The number of hydrogen-bond donors (Lipinski definition) is 2. The van der Waals surface area contributed by atoms with Crippen LogP contribution in [0.1, 0.15) is 49.9 Å². The van der Waals surface area contributed by atoms with E-state index in [1.807, 2.05) is 36.5 Å². The second kappa shape index (κ2) is 14.4. The second-order valence-corrected chi connectivity index (χ2v) is 11.4. The van der Waals surface area contributed by atoms with Crippen LogP contribution in [0.5, 0.6) is 5.75 Å². The Bertz CT molecular complexity index is 1500. The number of aromatic amines is 1. The van der Waals surface area contributed by atoms with Gasteiger partial charge in [0.15, 0.2) is 5.78 Å². The highest BCUT2D eigenvalue weighted by atomic mass is 19.1. The molecule has 0 saturated carbocycles. The summed E-state index contributed by atoms with van der Waals surface area (Å²) in [6.45, 7) is 8.54. The number of nitrogen functional groups attached to an aromatic ring is 1. The maximum absolute atomic E-state index is 15.1. The van der Waals surface area contributed by atoms with Gasteiger partial charge in [0.1, 0.15) is 17.2 Å². The molecule has 2 aromatic heterocycles. The van der Waals surface area contributed by atoms with Crippen molar-refractivity contribution < 1.29 is 13.9 Å². The zero-order chi connectivity index (χ0) is 30.2. The molecule has 1 atom stereocenters. The molecule has 3 N–H and O–H groups in total. The first-order valence-electron chi connectivity index (χ1n) is 14.8. The first kappa shape index (κ1) is 31.2. The van der Waals surface area contributed by atoms with Crippen molar-refractivity contribution in [3.63, 3.8) is 0 Å². The van der Waals surface area contributed by atoms with Crippen LogP contribution in [0.3, 0.4) is 0 Å². The zero-order valence-corrected chi connectivity index (χ0v) is 25.5. The molecule has 42 heavy (non-hydrogen) atoms. The van der Waals surface area contributed by atoms with Crippen LogP contribution in [0.25, 0.3) is 33.3 Å². The third-order valence-electron chi connectivity index (χ3n) is 7.90. The highest BCUT2D eigenvalue weighted by Crippen LogP contribution is 2.36. The van der Waals surface area contributed by atoms with Gasteiger partial charge in [-0.15, -0.1) is 0 Å². The lowest BCUT2D eigenvalue weighted by atomic mass is 9.94. The number of H-pyrrole nitrogens is 1. The number of rotatable bonds is 15. The van der Waals surface area contributed by atoms with Gasteiger partial charge in [-0.3, -0.25) is 4.79 Å². The number of hydrogen-bond acceptors (Lipinski definition) is 6. The number of pyridine rings is 1. The fourth-order valence-electron chi connectivity index (χ4n) is 5.32. The summed E-state index contributed by atoms with van der Waals surface area (Å²) in [6, 6.07) is 12.8. The number of carbonyl (C=O) groups excluding carboxylic acids is 1. The van der Waals surface area contributed by atoms with E-state index in [-0.39, 0.29) is 17.0 Å². The Hall–Kier alpha value is -3.75. The molecule has 7 nitrogen and oxygen atoms in total. The summed E-state index contributed by atoms with van der Waals surface area (Å²) in [6.07, 6.45) is 6.77. The Labute approximate surface area is 248 Å². The summed E-state index contributed by atoms with van der Waals surface area (Å²) >= 11 is 0. The van der Waals surface area contributed by atoms with E-state index in [2.05, 4.69) is 47.7 Å². The molecule has 8 heteroatoms. The van der Waals surface area contributed by atoms with Crippen LogP contribution >= 0.6 is 0 Å². The highest BCUT2D eigenvalue weighted by molar-refractivity contribution is 6.02. The summed E-state index contributed by atoms with van der Waals surface area (Å²) in [5.74, 6) is 0.384. The van der Waals surface area contributed by atoms with E-state index in [0.29, 0.717) is 29.1 Å². The van der Waals surface area contributed by atoms with Gasteiger partial charge in [0.25, 0.3) is 0 Å². The molecule has 0 spiro atoms. The molecule has 0 aliphatic carbocycles. The number of Topliss-reactive ketones (excluding diaryl/α,β-unsaturated/α-hetero) is 1. The highest BCUT2D eigenvalue weighted by Gasteiger charge is 2.19. The van der Waals surface area contributed by atoms with E-state index in [4.69, 9.17) is 10.5 Å². The van der Waals surface area contributed by atoms with Crippen LogP contribution < -0.4 is 10.5 Å². The smallest absolute Gasteiger partial charge is 0.165 e. The molecule has 0 bridgehead atoms. The summed E-state index contributed by atoms with van der Waals surface area (Å²) in [5.41, 5.74) is 10.1. The molecular formula is C34H44FN5O2. The van der Waals surface area contributed by atoms with E-state index in [1.165, 1.54) is 6.07 Å². The molecule has 1 unspecified atom stereocenters. The molecule has 4 rings (SSSR count). The van der Waals surface area contributed by atoms with Gasteiger partial charge in [-0.25, -0.2) is 9.37 Å². The first-order valence-corrected chi connectivity index (χ1v) is 14.8. The summed E-state index contributed by atoms with van der Waals surface area (Å²) in [5, 5.41) is 0.874. The molecule has 0 aliphatic rings. The van der Waals surface area contributed by atoms with Crippen molar-refractivity contribution in [2.45, 2.75) is 39.5 Å². The monoisotopic (exact) mass is 573 g/mol. The number of fused-ring (bicyclic) bond motifs is 1. The third kappa shape index (κ3) is 7.55. The fraction of sp³-hybridized carbons (Fsp3) is 0.412. The number of nitrogens with two attached hydrogens (primary N) is 1. The van der Waals surface area contributed by atoms with Crippen LogP contribution in [0.15, 0.2) is 54.9 Å². The summed E-state index contributed by atoms with van der Waals surface area (Å²) in [4.78, 5) is 25.8. The van der Waals surface area contributed by atoms with E-state index >= 15 is 4.39 Å². The van der Waals surface area contributed by atoms with Gasteiger partial charge in [0.05, 0.1) is 12.8 Å². The number of para-hydroxylation sites is 1. The standard InChI is InChI=1S/C34H44FN5O2/c1-6-14-40(17-16-39(3)4)15-13-23(2)11-12-31(41)28-18-24(20-30(35)33(28)36)25-19-27-29(22-38-34(27)37-21-25)26-9-7-8-10-32(26)42-5/h7-10,18-23H,6,11-17,36H2,1-5H3,(H,37,38). The zero-order valence-electron chi connectivity index (χ0n) is 25.5. The van der Waals surface area contributed by atoms with Crippen LogP contribution in [-0.4, -0.2) is 72.9 Å². The van der Waals surface area contributed by atoms with Gasteiger partial charge in [-0.1, -0.05) is 32.0 Å². The lowest BCUT2D eigenvalue weighted by Crippen LogP contribution is -2.33. The van der Waals surface area contributed by atoms with E-state index < -0.39 is 5.82 Å². The SMILES string of the molecule is CCCN(CCC(C)CCC(=O)c1cc(-c2cnc3[nH]cc(-c4ccccc4OC)c3c2)cc(F)c1N)CCN(C)C. The largest absolute Gasteiger partial charge is 0.496 e. The Morgan fingerprint density at radius 3 is 2.57 bits per heavy atom. The maximum atomic E-state index is 15.1. The first-order chi connectivity index (χ1) is 20.2. The van der Waals surface area contributed by atoms with Crippen LogP contribution in [0, 0.1) is 11.7 Å². The summed E-state index contributed by atoms with van der Waals surface area (Å²) in [7, 11) is 5.83. The number of benzene rings is 2. The molecule has 0 amide bonds. The number of ketones is 1. The molecular weight excluding hydrogens is 529 g/mol. The Balaban J connectivity index is 1.50. The predicted molar refractivity (Wildman–Crippen MR) is 171 cm³/mol.